The van der Waals surface area contributed by atoms with Crippen LogP contribution in [0.4, 0.5) is 0 Å². The van der Waals surface area contributed by atoms with Crippen molar-refractivity contribution in [3.8, 4) is 0 Å². The molecule has 2 heterocycles. The monoisotopic (exact) mass is 718 g/mol. The average molecular weight is 719 g/mol. The van der Waals surface area contributed by atoms with Crippen molar-refractivity contribution in [1.82, 2.24) is 0 Å². The third-order valence-electron chi connectivity index (χ3n) is 10.5. The number of aliphatic hydroxyl groups is 1. The fourth-order valence-electron chi connectivity index (χ4n) is 7.50. The van der Waals surface area contributed by atoms with Gasteiger partial charge in [-0.25, -0.2) is 13.2 Å². The average Bonchev–Trinajstić information content (AvgIpc) is 3.48. The topological polar surface area (TPSA) is 133 Å². The van der Waals surface area contributed by atoms with E-state index in [0.29, 0.717) is 29.7 Å². The molecule has 51 heavy (non-hydrogen) atoms. The number of ether oxygens (including phenoxy) is 3. The van der Waals surface area contributed by atoms with Crippen LogP contribution < -0.4 is 0 Å². The van der Waals surface area contributed by atoms with Gasteiger partial charge in [-0.2, -0.15) is 0 Å². The van der Waals surface area contributed by atoms with Crippen LogP contribution in [-0.4, -0.2) is 62.6 Å². The summed E-state index contributed by atoms with van der Waals surface area (Å²) in [5.74, 6) is 0.401. The van der Waals surface area contributed by atoms with E-state index in [0.717, 1.165) is 42.4 Å². The number of fused-ring (bicyclic) bond motifs is 1. The van der Waals surface area contributed by atoms with Gasteiger partial charge in [0.15, 0.2) is 9.84 Å². The smallest absolute Gasteiger partial charge is 0.339 e. The van der Waals surface area contributed by atoms with Crippen molar-refractivity contribution in [3.05, 3.63) is 89.5 Å². The SMILES string of the molecule is CC[C@H](C)C(=O)O[C@H]1C[C@@H](C)C=C2C=C[C@H](C)[C@H](CC[C@@H]3C[C@@H](O)CC(=O)O3)[C@H]21.CS(=O)(=O)c1ccc(C2=C(c3ccccc3)C(=O)OC2)cc1. The third kappa shape index (κ3) is 9.46. The Hall–Kier alpha value is -4.02. The molecule has 0 bridgehead atoms. The number of benzene rings is 2. The van der Waals surface area contributed by atoms with Gasteiger partial charge in [0.2, 0.25) is 0 Å². The van der Waals surface area contributed by atoms with Crippen LogP contribution in [0, 0.1) is 29.6 Å². The van der Waals surface area contributed by atoms with Crippen molar-refractivity contribution in [3.63, 3.8) is 0 Å². The van der Waals surface area contributed by atoms with Crippen LogP contribution in [0.5, 0.6) is 0 Å². The van der Waals surface area contributed by atoms with E-state index in [4.69, 9.17) is 14.2 Å². The van der Waals surface area contributed by atoms with Crippen molar-refractivity contribution in [2.45, 2.75) is 89.4 Å². The Bertz CT molecular complexity index is 1770. The first-order valence-corrected chi connectivity index (χ1v) is 19.9. The van der Waals surface area contributed by atoms with Crippen LogP contribution >= 0.6 is 0 Å². The number of carbonyl (C=O) groups is 3. The van der Waals surface area contributed by atoms with Crippen molar-refractivity contribution in [1.29, 1.82) is 0 Å². The highest BCUT2D eigenvalue weighted by Crippen LogP contribution is 2.45. The standard InChI is InChI=1S/C24H36O5.C17H14O4S/c1-5-15(3)24(27)29-21-11-14(2)10-17-7-6-16(4)20(23(17)21)9-8-19-12-18(25)13-22(26)28-19;1-22(19,20)14-9-7-12(8-10-14)15-11-21-17(18)16(15)13-5-3-2-4-6-13/h6-7,10,14-16,18-21,23,25H,5,8-9,11-13H2,1-4H3;2-10H,11H2,1H3/t14-,15-,16-,18+,19+,20-,21-,23-;/m0./s1. The lowest BCUT2D eigenvalue weighted by molar-refractivity contribution is -0.162. The summed E-state index contributed by atoms with van der Waals surface area (Å²) in [7, 11) is -3.23. The van der Waals surface area contributed by atoms with Gasteiger partial charge in [0.25, 0.3) is 0 Å². The zero-order valence-corrected chi connectivity index (χ0v) is 30.9. The lowest BCUT2D eigenvalue weighted by atomic mass is 9.65. The summed E-state index contributed by atoms with van der Waals surface area (Å²) >= 11 is 0. The summed E-state index contributed by atoms with van der Waals surface area (Å²) in [6.07, 6.45) is 10.9. The van der Waals surface area contributed by atoms with Crippen LogP contribution in [0.2, 0.25) is 0 Å². The van der Waals surface area contributed by atoms with E-state index in [1.54, 1.807) is 24.3 Å². The van der Waals surface area contributed by atoms with Gasteiger partial charge in [0.1, 0.15) is 18.8 Å². The molecule has 10 heteroatoms. The molecule has 0 radical (unpaired) electrons. The minimum Gasteiger partial charge on any atom is -0.462 e. The summed E-state index contributed by atoms with van der Waals surface area (Å²) < 4.78 is 39.7. The molecule has 0 unspecified atom stereocenters. The highest BCUT2D eigenvalue weighted by atomic mass is 32.2. The molecular formula is C41H50O9S. The first-order valence-electron chi connectivity index (χ1n) is 18.0. The molecule has 2 aliphatic carbocycles. The van der Waals surface area contributed by atoms with E-state index in [-0.39, 0.29) is 59.9 Å². The first-order chi connectivity index (χ1) is 24.2. The maximum Gasteiger partial charge on any atom is 0.339 e. The van der Waals surface area contributed by atoms with E-state index >= 15 is 0 Å². The molecule has 1 N–H and O–H groups in total. The van der Waals surface area contributed by atoms with Crippen molar-refractivity contribution in [2.75, 3.05) is 12.9 Å². The van der Waals surface area contributed by atoms with Crippen molar-refractivity contribution >= 4 is 38.9 Å². The molecule has 1 fully saturated rings. The Morgan fingerprint density at radius 1 is 1.00 bits per heavy atom. The van der Waals surface area contributed by atoms with Gasteiger partial charge in [0.05, 0.1) is 28.9 Å². The lowest BCUT2D eigenvalue weighted by Gasteiger charge is -2.43. The van der Waals surface area contributed by atoms with Crippen molar-refractivity contribution < 1.29 is 42.1 Å². The molecule has 0 aromatic heterocycles. The van der Waals surface area contributed by atoms with Crippen LogP contribution in [0.15, 0.2) is 83.3 Å². The highest BCUT2D eigenvalue weighted by molar-refractivity contribution is 7.90. The maximum atomic E-state index is 12.5. The van der Waals surface area contributed by atoms with Gasteiger partial charge < -0.3 is 19.3 Å². The number of carbonyl (C=O) groups excluding carboxylic acids is 3. The molecule has 2 aromatic rings. The summed E-state index contributed by atoms with van der Waals surface area (Å²) in [5, 5.41) is 9.89. The van der Waals surface area contributed by atoms with Gasteiger partial charge in [-0.05, 0) is 72.3 Å². The molecule has 0 saturated carbocycles. The van der Waals surface area contributed by atoms with Crippen LogP contribution in [0.3, 0.4) is 0 Å². The summed E-state index contributed by atoms with van der Waals surface area (Å²) in [6, 6.07) is 15.8. The molecule has 274 valence electrons. The zero-order chi connectivity index (χ0) is 36.9. The lowest BCUT2D eigenvalue weighted by Crippen LogP contribution is -2.42. The number of rotatable bonds is 9. The molecule has 2 aromatic carbocycles. The molecule has 1 saturated heterocycles. The second kappa shape index (κ2) is 16.5. The van der Waals surface area contributed by atoms with Gasteiger partial charge in [-0.3, -0.25) is 9.59 Å². The second-order valence-electron chi connectivity index (χ2n) is 14.4. The Kier molecular flexibility index (Phi) is 12.4. The molecule has 0 amide bonds. The maximum absolute atomic E-state index is 12.5. The van der Waals surface area contributed by atoms with Gasteiger partial charge in [-0.1, -0.05) is 88.4 Å². The first kappa shape index (κ1) is 38.2. The predicted octanol–water partition coefficient (Wildman–Crippen LogP) is 6.75. The Morgan fingerprint density at radius 3 is 2.35 bits per heavy atom. The van der Waals surface area contributed by atoms with Crippen LogP contribution in [0.25, 0.3) is 11.1 Å². The minimum absolute atomic E-state index is 0.0854. The molecule has 6 rings (SSSR count). The Balaban J connectivity index is 0.000000205. The molecule has 4 aliphatic rings. The minimum atomic E-state index is -3.23. The van der Waals surface area contributed by atoms with Gasteiger partial charge in [-0.15, -0.1) is 0 Å². The molecule has 8 atom stereocenters. The number of sulfone groups is 1. The number of esters is 3. The number of hydrogen-bond donors (Lipinski definition) is 1. The highest BCUT2D eigenvalue weighted by Gasteiger charge is 2.42. The summed E-state index contributed by atoms with van der Waals surface area (Å²) in [6.45, 7) is 8.52. The number of cyclic esters (lactones) is 2. The van der Waals surface area contributed by atoms with E-state index in [1.165, 1.54) is 11.8 Å². The number of allylic oxidation sites excluding steroid dienone is 3. The normalized spacial score (nSPS) is 28.0. The van der Waals surface area contributed by atoms with Crippen molar-refractivity contribution in [2.24, 2.45) is 29.6 Å². The van der Waals surface area contributed by atoms with E-state index in [2.05, 4.69) is 32.1 Å². The summed E-state index contributed by atoms with van der Waals surface area (Å²) in [5.41, 5.74) is 4.17. The fraction of sp³-hybridized carbons (Fsp3) is 0.488. The predicted molar refractivity (Wildman–Crippen MR) is 195 cm³/mol. The van der Waals surface area contributed by atoms with E-state index in [9.17, 15) is 27.9 Å². The molecular weight excluding hydrogens is 669 g/mol. The summed E-state index contributed by atoms with van der Waals surface area (Å²) in [4.78, 5) is 36.5. The van der Waals surface area contributed by atoms with Gasteiger partial charge >= 0.3 is 17.9 Å². The van der Waals surface area contributed by atoms with E-state index in [1.807, 2.05) is 44.2 Å². The number of hydrogen-bond acceptors (Lipinski definition) is 9. The van der Waals surface area contributed by atoms with E-state index < -0.39 is 15.9 Å². The molecule has 0 spiro atoms. The van der Waals surface area contributed by atoms with Crippen LogP contribution in [0.1, 0.15) is 77.3 Å². The Morgan fingerprint density at radius 2 is 1.71 bits per heavy atom. The second-order valence-corrected chi connectivity index (χ2v) is 16.5. The van der Waals surface area contributed by atoms with Crippen LogP contribution in [-0.2, 0) is 38.4 Å². The third-order valence-corrected chi connectivity index (χ3v) is 11.6. The number of aliphatic hydroxyl groups excluding tert-OH is 1. The quantitative estimate of drug-likeness (QED) is 0.221. The zero-order valence-electron chi connectivity index (χ0n) is 30.1. The fourth-order valence-corrected chi connectivity index (χ4v) is 8.13. The Labute approximate surface area is 301 Å². The largest absolute Gasteiger partial charge is 0.462 e. The van der Waals surface area contributed by atoms with Gasteiger partial charge in [0, 0.05) is 24.2 Å². The molecule has 2 aliphatic heterocycles. The molecule has 9 nitrogen and oxygen atoms in total.